The summed E-state index contributed by atoms with van der Waals surface area (Å²) < 4.78 is 0. The highest BCUT2D eigenvalue weighted by Gasteiger charge is 2.00. The van der Waals surface area contributed by atoms with E-state index >= 15 is 0 Å². The minimum atomic E-state index is 0.675. The Morgan fingerprint density at radius 3 is 2.59 bits per heavy atom. The van der Waals surface area contributed by atoms with Crippen molar-refractivity contribution in [1.29, 1.82) is 5.41 Å². The molecule has 86 valence electrons. The first-order chi connectivity index (χ1) is 8.29. The van der Waals surface area contributed by atoms with E-state index in [0.717, 1.165) is 17.8 Å². The minimum Gasteiger partial charge on any atom is -0.399 e. The van der Waals surface area contributed by atoms with Crippen molar-refractivity contribution < 1.29 is 0 Å². The van der Waals surface area contributed by atoms with Gasteiger partial charge in [-0.2, -0.15) is 0 Å². The molecular weight excluding hydrogens is 210 g/mol. The molecule has 3 heteroatoms. The molecule has 0 aliphatic carbocycles. The van der Waals surface area contributed by atoms with E-state index in [-0.39, 0.29) is 0 Å². The van der Waals surface area contributed by atoms with Crippen LogP contribution in [0.1, 0.15) is 11.1 Å². The van der Waals surface area contributed by atoms with Gasteiger partial charge < -0.3 is 16.5 Å². The molecule has 0 bridgehead atoms. The summed E-state index contributed by atoms with van der Waals surface area (Å²) in [6.07, 6.45) is 1.31. The zero-order valence-corrected chi connectivity index (χ0v) is 9.48. The summed E-state index contributed by atoms with van der Waals surface area (Å²) in [6, 6.07) is 15.7. The maximum absolute atomic E-state index is 7.34. The number of nitrogen functional groups attached to an aromatic ring is 1. The fourth-order valence-corrected chi connectivity index (χ4v) is 1.65. The fourth-order valence-electron chi connectivity index (χ4n) is 1.65. The molecule has 3 nitrogen and oxygen atoms in total. The number of anilines is 2. The quantitative estimate of drug-likeness (QED) is 0.553. The molecule has 0 fully saturated rings. The maximum Gasteiger partial charge on any atom is 0.0433 e. The van der Waals surface area contributed by atoms with Crippen LogP contribution < -0.4 is 11.1 Å². The van der Waals surface area contributed by atoms with Crippen LogP contribution in [0, 0.1) is 5.41 Å². The minimum absolute atomic E-state index is 0.675. The van der Waals surface area contributed by atoms with E-state index in [1.54, 1.807) is 6.07 Å². The first-order valence-corrected chi connectivity index (χ1v) is 5.47. The molecule has 0 spiro atoms. The van der Waals surface area contributed by atoms with Crippen LogP contribution in [0.15, 0.2) is 48.5 Å². The van der Waals surface area contributed by atoms with Gasteiger partial charge in [-0.1, -0.05) is 30.3 Å². The van der Waals surface area contributed by atoms with Crippen LogP contribution in [0.4, 0.5) is 11.4 Å². The average Bonchev–Trinajstić information content (AvgIpc) is 2.38. The molecule has 2 aromatic carbocycles. The monoisotopic (exact) mass is 225 g/mol. The third-order valence-electron chi connectivity index (χ3n) is 2.56. The molecule has 0 aromatic heterocycles. The van der Waals surface area contributed by atoms with Gasteiger partial charge in [0.1, 0.15) is 0 Å². The smallest absolute Gasteiger partial charge is 0.0433 e. The summed E-state index contributed by atoms with van der Waals surface area (Å²) in [4.78, 5) is 0. The molecule has 2 rings (SSSR count). The van der Waals surface area contributed by atoms with Crippen LogP contribution in [0.25, 0.3) is 0 Å². The average molecular weight is 225 g/mol. The lowest BCUT2D eigenvalue weighted by molar-refractivity contribution is 1.15. The normalized spacial score (nSPS) is 9.88. The van der Waals surface area contributed by atoms with E-state index in [9.17, 15) is 0 Å². The van der Waals surface area contributed by atoms with Crippen molar-refractivity contribution in [2.75, 3.05) is 11.1 Å². The molecule has 0 saturated heterocycles. The van der Waals surface area contributed by atoms with Gasteiger partial charge in [-0.15, -0.1) is 0 Å². The van der Waals surface area contributed by atoms with Gasteiger partial charge in [0.05, 0.1) is 0 Å². The third-order valence-corrected chi connectivity index (χ3v) is 2.56. The van der Waals surface area contributed by atoms with Gasteiger partial charge in [-0.05, 0) is 23.8 Å². The van der Waals surface area contributed by atoms with Crippen molar-refractivity contribution in [2.24, 2.45) is 0 Å². The Bertz CT molecular complexity index is 506. The predicted molar refractivity (Wildman–Crippen MR) is 72.5 cm³/mol. The largest absolute Gasteiger partial charge is 0.399 e. The van der Waals surface area contributed by atoms with E-state index in [2.05, 4.69) is 17.4 Å². The lowest BCUT2D eigenvalue weighted by Crippen LogP contribution is -2.02. The van der Waals surface area contributed by atoms with Crippen LogP contribution in [0.5, 0.6) is 0 Å². The molecule has 0 saturated carbocycles. The highest BCUT2D eigenvalue weighted by molar-refractivity contribution is 5.87. The van der Waals surface area contributed by atoms with Crippen LogP contribution in [0.2, 0.25) is 0 Å². The molecule has 0 radical (unpaired) electrons. The van der Waals surface area contributed by atoms with Crippen molar-refractivity contribution in [3.63, 3.8) is 0 Å². The Labute approximate surface area is 101 Å². The summed E-state index contributed by atoms with van der Waals surface area (Å²) >= 11 is 0. The Morgan fingerprint density at radius 2 is 1.88 bits per heavy atom. The van der Waals surface area contributed by atoms with Gasteiger partial charge in [-0.3, -0.25) is 0 Å². The summed E-state index contributed by atoms with van der Waals surface area (Å²) in [5.74, 6) is 0. The van der Waals surface area contributed by atoms with Gasteiger partial charge in [0, 0.05) is 29.7 Å². The summed E-state index contributed by atoms with van der Waals surface area (Å²) in [5, 5.41) is 10.6. The van der Waals surface area contributed by atoms with E-state index in [0.29, 0.717) is 5.69 Å². The van der Waals surface area contributed by atoms with E-state index < -0.39 is 0 Å². The molecule has 0 heterocycles. The molecule has 0 aliphatic heterocycles. The first-order valence-electron chi connectivity index (χ1n) is 5.47. The maximum atomic E-state index is 7.34. The predicted octanol–water partition coefficient (Wildman–Crippen LogP) is 2.88. The van der Waals surface area contributed by atoms with E-state index in [1.165, 1.54) is 11.8 Å². The van der Waals surface area contributed by atoms with Crippen LogP contribution in [0.3, 0.4) is 0 Å². The molecular formula is C14H15N3. The van der Waals surface area contributed by atoms with Gasteiger partial charge in [0.15, 0.2) is 0 Å². The Morgan fingerprint density at radius 1 is 1.12 bits per heavy atom. The van der Waals surface area contributed by atoms with Crippen molar-refractivity contribution in [1.82, 2.24) is 0 Å². The zero-order valence-electron chi connectivity index (χ0n) is 9.48. The number of hydrogen-bond acceptors (Lipinski definition) is 3. The highest BCUT2D eigenvalue weighted by atomic mass is 14.9. The van der Waals surface area contributed by atoms with Crippen molar-refractivity contribution in [2.45, 2.75) is 6.54 Å². The second-order valence-electron chi connectivity index (χ2n) is 3.83. The lowest BCUT2D eigenvalue weighted by atomic mass is 10.1. The second kappa shape index (κ2) is 5.16. The highest BCUT2D eigenvalue weighted by Crippen LogP contribution is 2.17. The number of nitrogens with two attached hydrogens (primary N) is 1. The van der Waals surface area contributed by atoms with Crippen LogP contribution in [-0.4, -0.2) is 6.21 Å². The Balaban J connectivity index is 2.11. The van der Waals surface area contributed by atoms with Gasteiger partial charge >= 0.3 is 0 Å². The van der Waals surface area contributed by atoms with Crippen molar-refractivity contribution in [3.8, 4) is 0 Å². The summed E-state index contributed by atoms with van der Waals surface area (Å²) in [5.41, 5.74) is 9.30. The second-order valence-corrected chi connectivity index (χ2v) is 3.83. The SMILES string of the molecule is N=Cc1cc(N)ccc1NCc1ccccc1. The first kappa shape index (κ1) is 11.2. The van der Waals surface area contributed by atoms with E-state index in [1.807, 2.05) is 30.3 Å². The van der Waals surface area contributed by atoms with Gasteiger partial charge in [0.2, 0.25) is 0 Å². The number of benzene rings is 2. The number of rotatable bonds is 4. The molecule has 0 amide bonds. The Hall–Kier alpha value is -2.29. The van der Waals surface area contributed by atoms with Crippen LogP contribution >= 0.6 is 0 Å². The molecule has 2 aromatic rings. The molecule has 0 atom stereocenters. The molecule has 0 aliphatic rings. The van der Waals surface area contributed by atoms with Crippen molar-refractivity contribution >= 4 is 17.6 Å². The van der Waals surface area contributed by atoms with Gasteiger partial charge in [0.25, 0.3) is 0 Å². The molecule has 4 N–H and O–H groups in total. The number of nitrogens with one attached hydrogen (secondary N) is 2. The summed E-state index contributed by atoms with van der Waals surface area (Å²) in [7, 11) is 0. The topological polar surface area (TPSA) is 61.9 Å². The zero-order chi connectivity index (χ0) is 12.1. The van der Waals surface area contributed by atoms with Crippen LogP contribution in [-0.2, 0) is 6.54 Å². The number of hydrogen-bond donors (Lipinski definition) is 3. The lowest BCUT2D eigenvalue weighted by Gasteiger charge is -2.10. The van der Waals surface area contributed by atoms with Crippen molar-refractivity contribution in [3.05, 3.63) is 59.7 Å². The summed E-state index contributed by atoms with van der Waals surface area (Å²) in [6.45, 7) is 0.742. The van der Waals surface area contributed by atoms with E-state index in [4.69, 9.17) is 11.1 Å². The molecule has 0 unspecified atom stereocenters. The fraction of sp³-hybridized carbons (Fsp3) is 0.0714. The Kier molecular flexibility index (Phi) is 3.40. The third kappa shape index (κ3) is 2.84. The van der Waals surface area contributed by atoms with Gasteiger partial charge in [-0.25, -0.2) is 0 Å². The standard InChI is InChI=1S/C14H15N3/c15-9-12-8-13(16)6-7-14(12)17-10-11-4-2-1-3-5-11/h1-9,15,17H,10,16H2. The molecule has 17 heavy (non-hydrogen) atoms.